The maximum atomic E-state index is 11.7. The molecular weight excluding hydrogens is 377 g/mol. The van der Waals surface area contributed by atoms with Gasteiger partial charge in [0.05, 0.1) is 4.47 Å². The molecule has 0 radical (unpaired) electrons. The standard InChI is InChI=1S/C15H12BrCl2NO2/c16-13-7-12(18)5-6-14(13)21-9-15(20)19-8-10-1-3-11(17)4-2-10/h1-7H,8-9H2,(H,19,20). The van der Waals surface area contributed by atoms with Crippen molar-refractivity contribution in [3.05, 3.63) is 62.5 Å². The Kier molecular flexibility index (Phi) is 5.91. The largest absolute Gasteiger partial charge is 0.483 e. The molecule has 0 heterocycles. The van der Waals surface area contributed by atoms with Crippen LogP contribution in [0.3, 0.4) is 0 Å². The molecule has 0 fully saturated rings. The van der Waals surface area contributed by atoms with Crippen molar-refractivity contribution in [3.8, 4) is 5.75 Å². The van der Waals surface area contributed by atoms with Crippen LogP contribution in [0.4, 0.5) is 0 Å². The molecule has 21 heavy (non-hydrogen) atoms. The molecule has 2 rings (SSSR count). The number of carbonyl (C=O) groups excluding carboxylic acids is 1. The van der Waals surface area contributed by atoms with Crippen LogP contribution < -0.4 is 10.1 Å². The number of benzene rings is 2. The zero-order valence-electron chi connectivity index (χ0n) is 10.9. The topological polar surface area (TPSA) is 38.3 Å². The summed E-state index contributed by atoms with van der Waals surface area (Å²) in [6.45, 7) is 0.370. The van der Waals surface area contributed by atoms with E-state index in [2.05, 4.69) is 21.2 Å². The van der Waals surface area contributed by atoms with Gasteiger partial charge < -0.3 is 10.1 Å². The second kappa shape index (κ2) is 7.69. The molecule has 2 aromatic rings. The van der Waals surface area contributed by atoms with Crippen molar-refractivity contribution < 1.29 is 9.53 Å². The molecule has 110 valence electrons. The van der Waals surface area contributed by atoms with Gasteiger partial charge in [-0.1, -0.05) is 35.3 Å². The van der Waals surface area contributed by atoms with E-state index < -0.39 is 0 Å². The van der Waals surface area contributed by atoms with Crippen molar-refractivity contribution in [2.75, 3.05) is 6.61 Å². The molecule has 0 saturated heterocycles. The van der Waals surface area contributed by atoms with Crippen LogP contribution in [-0.4, -0.2) is 12.5 Å². The Morgan fingerprint density at radius 3 is 2.43 bits per heavy atom. The van der Waals surface area contributed by atoms with Crippen LogP contribution in [-0.2, 0) is 11.3 Å². The fourth-order valence-electron chi connectivity index (χ4n) is 1.59. The van der Waals surface area contributed by atoms with Crippen LogP contribution in [0.15, 0.2) is 46.9 Å². The van der Waals surface area contributed by atoms with Gasteiger partial charge in [0.2, 0.25) is 0 Å². The molecule has 0 bridgehead atoms. The van der Waals surface area contributed by atoms with Gasteiger partial charge in [-0.3, -0.25) is 4.79 Å². The van der Waals surface area contributed by atoms with Crippen molar-refractivity contribution in [2.24, 2.45) is 0 Å². The molecule has 0 saturated carbocycles. The van der Waals surface area contributed by atoms with Crippen molar-refractivity contribution in [3.63, 3.8) is 0 Å². The lowest BCUT2D eigenvalue weighted by molar-refractivity contribution is -0.123. The molecule has 1 amide bonds. The number of carbonyl (C=O) groups is 1. The molecule has 1 N–H and O–H groups in total. The molecule has 0 atom stereocenters. The molecule has 0 unspecified atom stereocenters. The van der Waals surface area contributed by atoms with Gasteiger partial charge in [-0.2, -0.15) is 0 Å². The lowest BCUT2D eigenvalue weighted by atomic mass is 10.2. The Balaban J connectivity index is 1.80. The Bertz CT molecular complexity index is 632. The zero-order chi connectivity index (χ0) is 15.2. The van der Waals surface area contributed by atoms with Gasteiger partial charge in [0, 0.05) is 16.6 Å². The van der Waals surface area contributed by atoms with Crippen LogP contribution in [0.5, 0.6) is 5.75 Å². The minimum Gasteiger partial charge on any atom is -0.483 e. The van der Waals surface area contributed by atoms with E-state index in [1.54, 1.807) is 30.3 Å². The number of hydrogen-bond donors (Lipinski definition) is 1. The number of halogens is 3. The average Bonchev–Trinajstić information content (AvgIpc) is 2.46. The third-order valence-corrected chi connectivity index (χ3v) is 3.76. The maximum absolute atomic E-state index is 11.7. The predicted octanol–water partition coefficient (Wildman–Crippen LogP) is 4.45. The Hall–Kier alpha value is -1.23. The van der Waals surface area contributed by atoms with E-state index in [9.17, 15) is 4.79 Å². The maximum Gasteiger partial charge on any atom is 0.258 e. The summed E-state index contributed by atoms with van der Waals surface area (Å²) in [6.07, 6.45) is 0. The molecule has 0 aliphatic carbocycles. The van der Waals surface area contributed by atoms with E-state index in [0.717, 1.165) is 5.56 Å². The molecule has 2 aromatic carbocycles. The number of nitrogens with one attached hydrogen (secondary N) is 1. The zero-order valence-corrected chi connectivity index (χ0v) is 14.0. The highest BCUT2D eigenvalue weighted by molar-refractivity contribution is 9.10. The first-order valence-electron chi connectivity index (χ1n) is 6.13. The van der Waals surface area contributed by atoms with Gasteiger partial charge >= 0.3 is 0 Å². The lowest BCUT2D eigenvalue weighted by Gasteiger charge is -2.09. The van der Waals surface area contributed by atoms with Gasteiger partial charge in [-0.05, 0) is 51.8 Å². The quantitative estimate of drug-likeness (QED) is 0.821. The average molecular weight is 389 g/mol. The molecule has 3 nitrogen and oxygen atoms in total. The minimum absolute atomic E-state index is 0.0617. The first kappa shape index (κ1) is 16.1. The number of hydrogen-bond acceptors (Lipinski definition) is 2. The highest BCUT2D eigenvalue weighted by atomic mass is 79.9. The molecule has 0 aliphatic rings. The lowest BCUT2D eigenvalue weighted by Crippen LogP contribution is -2.28. The number of rotatable bonds is 5. The Morgan fingerprint density at radius 2 is 1.76 bits per heavy atom. The minimum atomic E-state index is -0.202. The summed E-state index contributed by atoms with van der Waals surface area (Å²) >= 11 is 15.0. The van der Waals surface area contributed by atoms with Crippen LogP contribution >= 0.6 is 39.1 Å². The van der Waals surface area contributed by atoms with Gasteiger partial charge in [0.1, 0.15) is 5.75 Å². The number of ether oxygens (including phenoxy) is 1. The van der Waals surface area contributed by atoms with Crippen LogP contribution in [0.25, 0.3) is 0 Å². The summed E-state index contributed by atoms with van der Waals surface area (Å²) in [6, 6.07) is 12.4. The third kappa shape index (κ3) is 5.23. The summed E-state index contributed by atoms with van der Waals surface area (Å²) in [7, 11) is 0. The van der Waals surface area contributed by atoms with Crippen molar-refractivity contribution in [2.45, 2.75) is 6.54 Å². The van der Waals surface area contributed by atoms with E-state index in [4.69, 9.17) is 27.9 Å². The van der Waals surface area contributed by atoms with E-state index in [1.807, 2.05) is 12.1 Å². The third-order valence-electron chi connectivity index (χ3n) is 2.66. The van der Waals surface area contributed by atoms with Crippen LogP contribution in [0.1, 0.15) is 5.56 Å². The Morgan fingerprint density at radius 1 is 1.10 bits per heavy atom. The first-order valence-corrected chi connectivity index (χ1v) is 7.68. The smallest absolute Gasteiger partial charge is 0.258 e. The second-order valence-corrected chi connectivity index (χ2v) is 5.99. The highest BCUT2D eigenvalue weighted by Gasteiger charge is 2.06. The van der Waals surface area contributed by atoms with E-state index in [-0.39, 0.29) is 12.5 Å². The molecule has 6 heteroatoms. The van der Waals surface area contributed by atoms with Crippen LogP contribution in [0, 0.1) is 0 Å². The SMILES string of the molecule is O=C(COc1ccc(Cl)cc1Br)NCc1ccc(Cl)cc1. The van der Waals surface area contributed by atoms with Gasteiger partial charge in [0.15, 0.2) is 6.61 Å². The van der Waals surface area contributed by atoms with Crippen molar-refractivity contribution in [1.29, 1.82) is 0 Å². The van der Waals surface area contributed by atoms with Crippen LogP contribution in [0.2, 0.25) is 10.0 Å². The summed E-state index contributed by atoms with van der Waals surface area (Å²) < 4.78 is 6.13. The van der Waals surface area contributed by atoms with Crippen molar-refractivity contribution in [1.82, 2.24) is 5.32 Å². The molecule has 0 spiro atoms. The normalized spacial score (nSPS) is 10.2. The second-order valence-electron chi connectivity index (χ2n) is 4.27. The molecular formula is C15H12BrCl2NO2. The highest BCUT2D eigenvalue weighted by Crippen LogP contribution is 2.27. The molecule has 0 aromatic heterocycles. The summed E-state index contributed by atoms with van der Waals surface area (Å²) in [5.74, 6) is 0.368. The number of amides is 1. The van der Waals surface area contributed by atoms with Gasteiger partial charge in [-0.15, -0.1) is 0 Å². The Labute approximate surface area is 141 Å². The molecule has 0 aliphatic heterocycles. The van der Waals surface area contributed by atoms with Gasteiger partial charge in [-0.25, -0.2) is 0 Å². The van der Waals surface area contributed by atoms with E-state index in [0.29, 0.717) is 26.8 Å². The predicted molar refractivity (Wildman–Crippen MR) is 87.9 cm³/mol. The fourth-order valence-corrected chi connectivity index (χ4v) is 2.51. The van der Waals surface area contributed by atoms with E-state index >= 15 is 0 Å². The van der Waals surface area contributed by atoms with Gasteiger partial charge in [0.25, 0.3) is 5.91 Å². The van der Waals surface area contributed by atoms with E-state index in [1.165, 1.54) is 0 Å². The fraction of sp³-hybridized carbons (Fsp3) is 0.133. The summed E-state index contributed by atoms with van der Waals surface area (Å²) in [4.78, 5) is 11.7. The summed E-state index contributed by atoms with van der Waals surface area (Å²) in [5, 5.41) is 4.04. The van der Waals surface area contributed by atoms with Crippen molar-refractivity contribution >= 4 is 45.0 Å². The first-order chi connectivity index (χ1) is 10.0. The summed E-state index contributed by atoms with van der Waals surface area (Å²) in [5.41, 5.74) is 0.973. The monoisotopic (exact) mass is 387 g/mol.